The van der Waals surface area contributed by atoms with Gasteiger partial charge in [0.25, 0.3) is 0 Å². The number of aromatic nitrogens is 1. The molecule has 2 aromatic rings. The maximum absolute atomic E-state index is 12.6. The van der Waals surface area contributed by atoms with Crippen LogP contribution in [-0.2, 0) is 11.2 Å². The van der Waals surface area contributed by atoms with Crippen LogP contribution < -0.4 is 5.32 Å². The number of aryl methyl sites for hydroxylation is 1. The molecule has 1 amide bonds. The molecule has 1 aromatic heterocycles. The molecule has 0 radical (unpaired) electrons. The van der Waals surface area contributed by atoms with Gasteiger partial charge in [-0.1, -0.05) is 45.0 Å². The predicted octanol–water partition coefficient (Wildman–Crippen LogP) is 4.99. The summed E-state index contributed by atoms with van der Waals surface area (Å²) in [5.74, 6) is 0.899. The summed E-state index contributed by atoms with van der Waals surface area (Å²) in [4.78, 5) is 17.2. The van der Waals surface area contributed by atoms with Gasteiger partial charge in [0.2, 0.25) is 5.91 Å². The SMILES string of the molecule is Cc1nc(-c2ccc(CC(=O)NC3CC4CCC3(C)C4(C)C)cc2)cs1. The molecule has 3 unspecified atom stereocenters. The highest BCUT2D eigenvalue weighted by Crippen LogP contribution is 2.65. The summed E-state index contributed by atoms with van der Waals surface area (Å²) in [6.45, 7) is 9.16. The third-order valence-corrected chi connectivity index (χ3v) is 8.14. The molecule has 1 heterocycles. The summed E-state index contributed by atoms with van der Waals surface area (Å²) in [5, 5.41) is 6.51. The number of rotatable bonds is 4. The molecule has 0 spiro atoms. The Balaban J connectivity index is 1.40. The van der Waals surface area contributed by atoms with Gasteiger partial charge >= 0.3 is 0 Å². The molecule has 2 fully saturated rings. The summed E-state index contributed by atoms with van der Waals surface area (Å²) in [5.41, 5.74) is 3.75. The molecule has 4 heteroatoms. The fraction of sp³-hybridized carbons (Fsp3) is 0.545. The first-order valence-electron chi connectivity index (χ1n) is 9.60. The van der Waals surface area contributed by atoms with E-state index in [1.807, 2.05) is 6.92 Å². The average molecular weight is 369 g/mol. The molecular weight excluding hydrogens is 340 g/mol. The lowest BCUT2D eigenvalue weighted by Gasteiger charge is -2.39. The van der Waals surface area contributed by atoms with Gasteiger partial charge in [0.15, 0.2) is 0 Å². The molecule has 1 N–H and O–H groups in total. The molecular formula is C22H28N2OS. The normalized spacial score (nSPS) is 29.1. The maximum Gasteiger partial charge on any atom is 0.224 e. The lowest BCUT2D eigenvalue weighted by atomic mass is 9.69. The Labute approximate surface area is 160 Å². The fourth-order valence-electron chi connectivity index (χ4n) is 5.14. The van der Waals surface area contributed by atoms with Crippen molar-refractivity contribution in [2.24, 2.45) is 16.7 Å². The monoisotopic (exact) mass is 368 g/mol. The second-order valence-electron chi connectivity index (χ2n) is 8.86. The number of carbonyl (C=O) groups is 1. The van der Waals surface area contributed by atoms with E-state index in [0.29, 0.717) is 17.9 Å². The largest absolute Gasteiger partial charge is 0.353 e. The van der Waals surface area contributed by atoms with Crippen LogP contribution in [0, 0.1) is 23.7 Å². The minimum absolute atomic E-state index is 0.150. The van der Waals surface area contributed by atoms with Crippen LogP contribution >= 0.6 is 11.3 Å². The number of hydrogen-bond acceptors (Lipinski definition) is 3. The van der Waals surface area contributed by atoms with Crippen molar-refractivity contribution in [2.75, 3.05) is 0 Å². The highest BCUT2D eigenvalue weighted by molar-refractivity contribution is 7.09. The van der Waals surface area contributed by atoms with E-state index >= 15 is 0 Å². The topological polar surface area (TPSA) is 42.0 Å². The molecule has 3 atom stereocenters. The van der Waals surface area contributed by atoms with Gasteiger partial charge in [-0.2, -0.15) is 0 Å². The van der Waals surface area contributed by atoms with Crippen molar-refractivity contribution in [3.05, 3.63) is 40.2 Å². The van der Waals surface area contributed by atoms with Gasteiger partial charge in [0, 0.05) is 17.0 Å². The highest BCUT2D eigenvalue weighted by Gasteiger charge is 2.61. The Hall–Kier alpha value is -1.68. The Morgan fingerprint density at radius 1 is 1.27 bits per heavy atom. The van der Waals surface area contributed by atoms with Gasteiger partial charge in [-0.05, 0) is 48.5 Å². The van der Waals surface area contributed by atoms with Gasteiger partial charge in [-0.3, -0.25) is 4.79 Å². The molecule has 3 nitrogen and oxygen atoms in total. The van der Waals surface area contributed by atoms with Crippen LogP contribution in [0.25, 0.3) is 11.3 Å². The minimum Gasteiger partial charge on any atom is -0.353 e. The number of fused-ring (bicyclic) bond motifs is 2. The van der Waals surface area contributed by atoms with E-state index in [4.69, 9.17) is 0 Å². The van der Waals surface area contributed by atoms with E-state index in [9.17, 15) is 4.79 Å². The van der Waals surface area contributed by atoms with Crippen LogP contribution in [0.4, 0.5) is 0 Å². The van der Waals surface area contributed by atoms with Crippen LogP contribution in [0.3, 0.4) is 0 Å². The Morgan fingerprint density at radius 3 is 2.54 bits per heavy atom. The zero-order valence-electron chi connectivity index (χ0n) is 16.1. The van der Waals surface area contributed by atoms with E-state index in [1.165, 1.54) is 12.8 Å². The minimum atomic E-state index is 0.150. The zero-order valence-corrected chi connectivity index (χ0v) is 17.0. The van der Waals surface area contributed by atoms with Gasteiger partial charge in [0.05, 0.1) is 17.1 Å². The molecule has 2 bridgehead atoms. The molecule has 0 saturated heterocycles. The first-order chi connectivity index (χ1) is 12.3. The van der Waals surface area contributed by atoms with Crippen LogP contribution in [0.5, 0.6) is 0 Å². The zero-order chi connectivity index (χ0) is 18.5. The van der Waals surface area contributed by atoms with E-state index in [2.05, 4.69) is 60.7 Å². The second kappa shape index (κ2) is 6.19. The van der Waals surface area contributed by atoms with Crippen LogP contribution in [0.15, 0.2) is 29.6 Å². The van der Waals surface area contributed by atoms with Gasteiger partial charge in [-0.15, -0.1) is 11.3 Å². The Morgan fingerprint density at radius 2 is 2.00 bits per heavy atom. The van der Waals surface area contributed by atoms with Crippen molar-refractivity contribution in [1.29, 1.82) is 0 Å². The standard InChI is InChI=1S/C22H28N2OS/c1-14-23-18(13-26-14)16-7-5-15(6-8-16)11-20(25)24-19-12-17-9-10-22(19,4)21(17,2)3/h5-8,13,17,19H,9-12H2,1-4H3,(H,24,25). The second-order valence-corrected chi connectivity index (χ2v) is 9.92. The van der Waals surface area contributed by atoms with E-state index in [-0.39, 0.29) is 11.3 Å². The summed E-state index contributed by atoms with van der Waals surface area (Å²) >= 11 is 1.66. The number of nitrogens with one attached hydrogen (secondary N) is 1. The number of amides is 1. The third kappa shape index (κ3) is 2.79. The summed E-state index contributed by atoms with van der Waals surface area (Å²) < 4.78 is 0. The molecule has 0 aliphatic heterocycles. The molecule has 4 rings (SSSR count). The Bertz CT molecular complexity index is 823. The van der Waals surface area contributed by atoms with Crippen molar-refractivity contribution in [2.45, 2.75) is 59.4 Å². The fourth-order valence-corrected chi connectivity index (χ4v) is 5.76. The van der Waals surface area contributed by atoms with Crippen molar-refractivity contribution in [3.8, 4) is 11.3 Å². The summed E-state index contributed by atoms with van der Waals surface area (Å²) in [6, 6.07) is 8.56. The van der Waals surface area contributed by atoms with Crippen molar-refractivity contribution in [3.63, 3.8) is 0 Å². The molecule has 2 saturated carbocycles. The average Bonchev–Trinajstić information content (AvgIpc) is 3.17. The first kappa shape index (κ1) is 17.7. The molecule has 138 valence electrons. The molecule has 26 heavy (non-hydrogen) atoms. The maximum atomic E-state index is 12.6. The lowest BCUT2D eigenvalue weighted by molar-refractivity contribution is -0.122. The highest BCUT2D eigenvalue weighted by atomic mass is 32.1. The molecule has 2 aliphatic rings. The van der Waals surface area contributed by atoms with E-state index in [1.54, 1.807) is 11.3 Å². The van der Waals surface area contributed by atoms with Crippen molar-refractivity contribution >= 4 is 17.2 Å². The van der Waals surface area contributed by atoms with Gasteiger partial charge in [-0.25, -0.2) is 4.98 Å². The smallest absolute Gasteiger partial charge is 0.224 e. The van der Waals surface area contributed by atoms with Crippen molar-refractivity contribution in [1.82, 2.24) is 10.3 Å². The van der Waals surface area contributed by atoms with E-state index < -0.39 is 0 Å². The van der Waals surface area contributed by atoms with Crippen LogP contribution in [-0.4, -0.2) is 16.9 Å². The number of carbonyl (C=O) groups excluding carboxylic acids is 1. The quantitative estimate of drug-likeness (QED) is 0.826. The molecule has 1 aromatic carbocycles. The molecule has 2 aliphatic carbocycles. The number of nitrogens with zero attached hydrogens (tertiary/aromatic N) is 1. The summed E-state index contributed by atoms with van der Waals surface area (Å²) in [6.07, 6.45) is 4.14. The van der Waals surface area contributed by atoms with Crippen LogP contribution in [0.1, 0.15) is 50.6 Å². The first-order valence-corrected chi connectivity index (χ1v) is 10.5. The summed E-state index contributed by atoms with van der Waals surface area (Å²) in [7, 11) is 0. The number of thiazole rings is 1. The predicted molar refractivity (Wildman–Crippen MR) is 107 cm³/mol. The lowest BCUT2D eigenvalue weighted by Crippen LogP contribution is -2.47. The number of benzene rings is 1. The Kier molecular flexibility index (Phi) is 4.22. The van der Waals surface area contributed by atoms with Gasteiger partial charge < -0.3 is 5.32 Å². The van der Waals surface area contributed by atoms with Crippen molar-refractivity contribution < 1.29 is 4.79 Å². The third-order valence-electron chi connectivity index (χ3n) is 7.36. The number of hydrogen-bond donors (Lipinski definition) is 1. The van der Waals surface area contributed by atoms with Gasteiger partial charge in [0.1, 0.15) is 0 Å². The van der Waals surface area contributed by atoms with Crippen LogP contribution in [0.2, 0.25) is 0 Å². The van der Waals surface area contributed by atoms with E-state index in [0.717, 1.165) is 34.2 Å².